The lowest BCUT2D eigenvalue weighted by molar-refractivity contribution is 0.0743. The Balaban J connectivity index is 2.26. The summed E-state index contributed by atoms with van der Waals surface area (Å²) in [5.74, 6) is -0.161. The quantitative estimate of drug-likeness (QED) is 0.851. The largest absolute Gasteiger partial charge is 0.399 e. The molecule has 0 radical (unpaired) electrons. The van der Waals surface area contributed by atoms with E-state index in [2.05, 4.69) is 0 Å². The van der Waals surface area contributed by atoms with E-state index >= 15 is 0 Å². The van der Waals surface area contributed by atoms with Gasteiger partial charge in [0.1, 0.15) is 0 Å². The van der Waals surface area contributed by atoms with Gasteiger partial charge in [-0.1, -0.05) is 35.3 Å². The van der Waals surface area contributed by atoms with Gasteiger partial charge in [-0.25, -0.2) is 0 Å². The maximum absolute atomic E-state index is 12.5. The van der Waals surface area contributed by atoms with E-state index in [0.717, 1.165) is 5.56 Å². The van der Waals surface area contributed by atoms with Crippen molar-refractivity contribution < 1.29 is 4.79 Å². The minimum Gasteiger partial charge on any atom is -0.399 e. The van der Waals surface area contributed by atoms with Gasteiger partial charge in [-0.15, -0.1) is 0 Å². The number of nitrogens with zero attached hydrogens (tertiary/aromatic N) is 1. The number of nitrogen functional groups attached to an aromatic ring is 1. The van der Waals surface area contributed by atoms with Gasteiger partial charge in [0.15, 0.2) is 0 Å². The van der Waals surface area contributed by atoms with Gasteiger partial charge in [0, 0.05) is 17.8 Å². The molecule has 0 saturated carbocycles. The van der Waals surface area contributed by atoms with E-state index in [0.29, 0.717) is 21.3 Å². The van der Waals surface area contributed by atoms with E-state index in [4.69, 9.17) is 28.9 Å². The van der Waals surface area contributed by atoms with Crippen molar-refractivity contribution in [2.75, 3.05) is 12.8 Å². The highest BCUT2D eigenvalue weighted by molar-refractivity contribution is 6.36. The first kappa shape index (κ1) is 15.7. The molecule has 2 rings (SSSR count). The Hall–Kier alpha value is -1.71. The molecule has 110 valence electrons. The molecule has 2 N–H and O–H groups in total. The van der Waals surface area contributed by atoms with Crippen LogP contribution in [0.25, 0.3) is 0 Å². The Labute approximate surface area is 134 Å². The molecule has 1 amide bonds. The predicted molar refractivity (Wildman–Crippen MR) is 87.8 cm³/mol. The fourth-order valence-corrected chi connectivity index (χ4v) is 2.56. The fraction of sp³-hybridized carbons (Fsp3) is 0.188. The number of halogens is 2. The van der Waals surface area contributed by atoms with E-state index in [9.17, 15) is 4.79 Å². The molecule has 0 bridgehead atoms. The summed E-state index contributed by atoms with van der Waals surface area (Å²) in [6, 6.07) is 12.2. The van der Waals surface area contributed by atoms with Crippen LogP contribution in [0.4, 0.5) is 5.69 Å². The molecule has 2 aromatic rings. The van der Waals surface area contributed by atoms with E-state index < -0.39 is 0 Å². The van der Waals surface area contributed by atoms with Crippen molar-refractivity contribution in [2.24, 2.45) is 0 Å². The number of benzene rings is 2. The van der Waals surface area contributed by atoms with Crippen LogP contribution in [-0.2, 0) is 0 Å². The predicted octanol–water partition coefficient (Wildman–Crippen LogP) is 4.41. The first-order valence-electron chi connectivity index (χ1n) is 6.48. The molecule has 0 aliphatic carbocycles. The lowest BCUT2D eigenvalue weighted by atomic mass is 10.1. The van der Waals surface area contributed by atoms with Gasteiger partial charge in [0.05, 0.1) is 16.6 Å². The van der Waals surface area contributed by atoms with Gasteiger partial charge >= 0.3 is 0 Å². The Morgan fingerprint density at radius 1 is 1.19 bits per heavy atom. The van der Waals surface area contributed by atoms with Crippen LogP contribution >= 0.6 is 23.2 Å². The van der Waals surface area contributed by atoms with Crippen molar-refractivity contribution in [3.05, 3.63) is 63.6 Å². The first-order valence-corrected chi connectivity index (χ1v) is 7.23. The monoisotopic (exact) mass is 322 g/mol. The summed E-state index contributed by atoms with van der Waals surface area (Å²) in [6.45, 7) is 1.94. The van der Waals surface area contributed by atoms with Crippen LogP contribution < -0.4 is 5.73 Å². The topological polar surface area (TPSA) is 46.3 Å². The van der Waals surface area contributed by atoms with Crippen LogP contribution in [0.15, 0.2) is 42.5 Å². The van der Waals surface area contributed by atoms with E-state index in [1.165, 1.54) is 0 Å². The molecule has 1 unspecified atom stereocenters. The summed E-state index contributed by atoms with van der Waals surface area (Å²) in [7, 11) is 1.74. The van der Waals surface area contributed by atoms with Crippen molar-refractivity contribution in [3.8, 4) is 0 Å². The molecule has 0 aliphatic rings. The molecular weight excluding hydrogens is 307 g/mol. The zero-order valence-corrected chi connectivity index (χ0v) is 13.3. The third-order valence-corrected chi connectivity index (χ3v) is 4.00. The Morgan fingerprint density at radius 2 is 1.90 bits per heavy atom. The van der Waals surface area contributed by atoms with Crippen molar-refractivity contribution in [2.45, 2.75) is 13.0 Å². The second-order valence-electron chi connectivity index (χ2n) is 4.89. The molecule has 21 heavy (non-hydrogen) atoms. The number of amides is 1. The zero-order valence-electron chi connectivity index (χ0n) is 11.8. The number of carbonyl (C=O) groups is 1. The number of carbonyl (C=O) groups excluding carboxylic acids is 1. The summed E-state index contributed by atoms with van der Waals surface area (Å²) < 4.78 is 0. The Kier molecular flexibility index (Phi) is 4.76. The molecule has 0 spiro atoms. The Morgan fingerprint density at radius 3 is 2.52 bits per heavy atom. The third-order valence-electron chi connectivity index (χ3n) is 3.46. The molecule has 0 saturated heterocycles. The van der Waals surface area contributed by atoms with Crippen molar-refractivity contribution in [1.29, 1.82) is 0 Å². The van der Waals surface area contributed by atoms with Crippen LogP contribution in [0.3, 0.4) is 0 Å². The van der Waals surface area contributed by atoms with Gasteiger partial charge in [-0.05, 0) is 42.8 Å². The van der Waals surface area contributed by atoms with Gasteiger partial charge in [-0.2, -0.15) is 0 Å². The summed E-state index contributed by atoms with van der Waals surface area (Å²) in [4.78, 5) is 14.2. The van der Waals surface area contributed by atoms with Crippen LogP contribution in [0.5, 0.6) is 0 Å². The normalized spacial score (nSPS) is 12.0. The highest BCUT2D eigenvalue weighted by Gasteiger charge is 2.21. The van der Waals surface area contributed by atoms with Gasteiger partial charge in [0.25, 0.3) is 5.91 Å². The van der Waals surface area contributed by atoms with E-state index in [-0.39, 0.29) is 11.9 Å². The molecule has 3 nitrogen and oxygen atoms in total. The summed E-state index contributed by atoms with van der Waals surface area (Å²) in [6.07, 6.45) is 0. The van der Waals surface area contributed by atoms with Gasteiger partial charge < -0.3 is 10.6 Å². The lowest BCUT2D eigenvalue weighted by Crippen LogP contribution is -2.29. The van der Waals surface area contributed by atoms with Crippen LogP contribution in [0.2, 0.25) is 10.0 Å². The summed E-state index contributed by atoms with van der Waals surface area (Å²) in [5, 5.41) is 0.849. The number of hydrogen-bond donors (Lipinski definition) is 1. The molecule has 5 heteroatoms. The second-order valence-corrected chi connectivity index (χ2v) is 5.73. The van der Waals surface area contributed by atoms with E-state index in [1.807, 2.05) is 31.2 Å². The van der Waals surface area contributed by atoms with Crippen LogP contribution in [0.1, 0.15) is 28.9 Å². The average molecular weight is 323 g/mol. The van der Waals surface area contributed by atoms with Crippen LogP contribution in [-0.4, -0.2) is 17.9 Å². The fourth-order valence-electron chi connectivity index (χ4n) is 2.07. The maximum atomic E-state index is 12.5. The van der Waals surface area contributed by atoms with E-state index in [1.54, 1.807) is 30.1 Å². The van der Waals surface area contributed by atoms with Crippen molar-refractivity contribution in [1.82, 2.24) is 4.90 Å². The summed E-state index contributed by atoms with van der Waals surface area (Å²) in [5.41, 5.74) is 7.85. The highest BCUT2D eigenvalue weighted by Crippen LogP contribution is 2.26. The standard InChI is InChI=1S/C16H16Cl2N2O/c1-10(11-4-3-5-13(19)8-11)20(2)16(21)14-7-6-12(17)9-15(14)18/h3-10H,19H2,1-2H3. The number of nitrogens with two attached hydrogens (primary N) is 1. The smallest absolute Gasteiger partial charge is 0.255 e. The third kappa shape index (κ3) is 3.49. The van der Waals surface area contributed by atoms with Crippen LogP contribution in [0, 0.1) is 0 Å². The Bertz CT molecular complexity index is 673. The minimum atomic E-state index is -0.161. The molecular formula is C16H16Cl2N2O. The maximum Gasteiger partial charge on any atom is 0.255 e. The molecule has 0 heterocycles. The highest BCUT2D eigenvalue weighted by atomic mass is 35.5. The van der Waals surface area contributed by atoms with Crippen molar-refractivity contribution in [3.63, 3.8) is 0 Å². The molecule has 2 aromatic carbocycles. The lowest BCUT2D eigenvalue weighted by Gasteiger charge is -2.26. The zero-order chi connectivity index (χ0) is 15.6. The van der Waals surface area contributed by atoms with Gasteiger partial charge in [0.2, 0.25) is 0 Å². The van der Waals surface area contributed by atoms with Gasteiger partial charge in [-0.3, -0.25) is 4.79 Å². The van der Waals surface area contributed by atoms with Crippen molar-refractivity contribution >= 4 is 34.8 Å². The molecule has 0 aromatic heterocycles. The SMILES string of the molecule is CC(c1cccc(N)c1)N(C)C(=O)c1ccc(Cl)cc1Cl. The number of hydrogen-bond acceptors (Lipinski definition) is 2. The second kappa shape index (κ2) is 6.37. The minimum absolute atomic E-state index is 0.118. The molecule has 0 aliphatic heterocycles. The molecule has 0 fully saturated rings. The molecule has 1 atom stereocenters. The average Bonchev–Trinajstić information content (AvgIpc) is 2.45. The first-order chi connectivity index (χ1) is 9.90. The summed E-state index contributed by atoms with van der Waals surface area (Å²) >= 11 is 11.9. The number of rotatable bonds is 3. The number of anilines is 1.